The van der Waals surface area contributed by atoms with Crippen LogP contribution < -0.4 is 10.2 Å². The molecule has 1 saturated heterocycles. The number of hydrogen-bond donors (Lipinski definition) is 4. The Morgan fingerprint density at radius 2 is 1.97 bits per heavy atom. The molecule has 0 spiro atoms. The van der Waals surface area contributed by atoms with E-state index in [0.29, 0.717) is 5.39 Å². The van der Waals surface area contributed by atoms with E-state index in [2.05, 4.69) is 0 Å². The van der Waals surface area contributed by atoms with Crippen LogP contribution in [-0.4, -0.2) is 65.3 Å². The summed E-state index contributed by atoms with van der Waals surface area (Å²) >= 11 is 0. The quantitative estimate of drug-likeness (QED) is 0.291. The number of nitrogens with one attached hydrogen (secondary N) is 1. The number of carbonyl (C=O) groups is 1. The normalized spacial score (nSPS) is 18.6. The molecule has 4 N–H and O–H groups in total. The van der Waals surface area contributed by atoms with Crippen molar-refractivity contribution >= 4 is 27.9 Å². The zero-order chi connectivity index (χ0) is 23.6. The van der Waals surface area contributed by atoms with E-state index in [1.165, 1.54) is 24.3 Å². The molecule has 1 amide bonds. The number of amides is 1. The van der Waals surface area contributed by atoms with Crippen LogP contribution in [0, 0.1) is 11.3 Å². The molecular formula is C22H22F3N3O4. The van der Waals surface area contributed by atoms with E-state index in [9.17, 15) is 33.4 Å². The molecule has 3 rings (SSSR count). The molecule has 10 heteroatoms. The van der Waals surface area contributed by atoms with Gasteiger partial charge in [-0.3, -0.25) is 4.79 Å². The number of nitriles is 1. The summed E-state index contributed by atoms with van der Waals surface area (Å²) in [6, 6.07) is 11.0. The number of halogens is 3. The Bertz CT molecular complexity index is 1090. The number of allylic oxidation sites excluding steroid dienone is 1. The first-order valence-corrected chi connectivity index (χ1v) is 9.85. The highest BCUT2D eigenvalue weighted by Gasteiger charge is 2.40. The third kappa shape index (κ3) is 4.85. The van der Waals surface area contributed by atoms with Gasteiger partial charge in [-0.2, -0.15) is 18.4 Å². The van der Waals surface area contributed by atoms with Crippen LogP contribution in [-0.2, 0) is 4.79 Å². The van der Waals surface area contributed by atoms with E-state index < -0.39 is 48.6 Å². The molecule has 1 aliphatic rings. The molecule has 0 radical (unpaired) electrons. The number of anilines is 1. The number of hydrogen-bond acceptors (Lipinski definition) is 6. The van der Waals surface area contributed by atoms with Crippen molar-refractivity contribution in [1.82, 2.24) is 5.32 Å². The van der Waals surface area contributed by atoms with Gasteiger partial charge in [0.05, 0.1) is 18.3 Å². The molecule has 32 heavy (non-hydrogen) atoms. The Balaban J connectivity index is 2.05. The lowest BCUT2D eigenvalue weighted by Gasteiger charge is -2.18. The van der Waals surface area contributed by atoms with Crippen LogP contribution in [0.2, 0.25) is 0 Å². The van der Waals surface area contributed by atoms with E-state index in [1.807, 2.05) is 23.2 Å². The molecule has 0 bridgehead atoms. The number of carbonyl (C=O) groups excluding carboxylic acids is 1. The third-order valence-corrected chi connectivity index (χ3v) is 5.29. The maximum atomic E-state index is 14.0. The molecule has 2 aromatic carbocycles. The largest absolute Gasteiger partial charge is 0.418 e. The number of rotatable bonds is 7. The van der Waals surface area contributed by atoms with Gasteiger partial charge in [-0.1, -0.05) is 24.3 Å². The lowest BCUT2D eigenvalue weighted by atomic mass is 9.96. The standard InChI is InChI=1S/C22H22F3N3O4/c1-12-10-28(12)17-4-2-3-13-5-6-14(7-15(13)17)20(22(23,24)25)16(8-26)21(32)27-9-18(30)19(31)11-29/h2-7,12,18-19,29-31H,9-11H2,1H3,(H,27,32)/b20-16-. The first kappa shape index (κ1) is 23.5. The predicted molar refractivity (Wildman–Crippen MR) is 111 cm³/mol. The number of benzene rings is 2. The van der Waals surface area contributed by atoms with E-state index in [0.717, 1.165) is 17.6 Å². The van der Waals surface area contributed by atoms with Gasteiger partial charge >= 0.3 is 6.18 Å². The van der Waals surface area contributed by atoms with Gasteiger partial charge in [0.25, 0.3) is 5.91 Å². The SMILES string of the molecule is CC1CN1c1cccc2ccc(/C(=C(\C#N)C(=O)NCC(O)C(O)CO)C(F)(F)F)cc12. The Morgan fingerprint density at radius 1 is 1.28 bits per heavy atom. The van der Waals surface area contributed by atoms with Crippen molar-refractivity contribution in [2.24, 2.45) is 0 Å². The van der Waals surface area contributed by atoms with E-state index in [1.54, 1.807) is 12.1 Å². The van der Waals surface area contributed by atoms with E-state index in [4.69, 9.17) is 5.11 Å². The summed E-state index contributed by atoms with van der Waals surface area (Å²) in [5.41, 5.74) is -2.14. The Hall–Kier alpha value is -3.13. The third-order valence-electron chi connectivity index (χ3n) is 5.29. The number of nitrogens with zero attached hydrogens (tertiary/aromatic N) is 2. The topological polar surface area (TPSA) is 117 Å². The zero-order valence-electron chi connectivity index (χ0n) is 17.1. The highest BCUT2D eigenvalue weighted by Crippen LogP contribution is 2.40. The van der Waals surface area contributed by atoms with Crippen molar-refractivity contribution in [2.75, 3.05) is 24.6 Å². The lowest BCUT2D eigenvalue weighted by Crippen LogP contribution is -2.41. The van der Waals surface area contributed by atoms with Crippen molar-refractivity contribution in [3.63, 3.8) is 0 Å². The number of fused-ring (bicyclic) bond motifs is 1. The molecule has 3 unspecified atom stereocenters. The Kier molecular flexibility index (Phi) is 6.74. The highest BCUT2D eigenvalue weighted by molar-refractivity contribution is 6.07. The summed E-state index contributed by atoms with van der Waals surface area (Å²) in [5, 5.41) is 40.4. The van der Waals surface area contributed by atoms with Crippen LogP contribution in [0.3, 0.4) is 0 Å². The van der Waals surface area contributed by atoms with Crippen molar-refractivity contribution in [2.45, 2.75) is 31.3 Å². The monoisotopic (exact) mass is 449 g/mol. The fraction of sp³-hybridized carbons (Fsp3) is 0.364. The van der Waals surface area contributed by atoms with Gasteiger partial charge < -0.3 is 25.5 Å². The summed E-state index contributed by atoms with van der Waals surface area (Å²) in [6.45, 7) is 1.32. The van der Waals surface area contributed by atoms with Gasteiger partial charge in [-0.05, 0) is 30.0 Å². The summed E-state index contributed by atoms with van der Waals surface area (Å²) in [6.07, 6.45) is -8.22. The molecule has 2 aromatic rings. The maximum Gasteiger partial charge on any atom is 0.418 e. The molecule has 1 aliphatic heterocycles. The maximum absolute atomic E-state index is 14.0. The van der Waals surface area contributed by atoms with Crippen molar-refractivity contribution in [3.05, 3.63) is 47.5 Å². The molecule has 3 atom stereocenters. The van der Waals surface area contributed by atoms with Gasteiger partial charge in [-0.25, -0.2) is 0 Å². The first-order valence-electron chi connectivity index (χ1n) is 9.85. The second-order valence-electron chi connectivity index (χ2n) is 7.60. The summed E-state index contributed by atoms with van der Waals surface area (Å²) in [5.74, 6) is -1.35. The minimum absolute atomic E-state index is 0.267. The highest BCUT2D eigenvalue weighted by atomic mass is 19.4. The fourth-order valence-corrected chi connectivity index (χ4v) is 3.45. The van der Waals surface area contributed by atoms with E-state index in [-0.39, 0.29) is 11.6 Å². The predicted octanol–water partition coefficient (Wildman–Crippen LogP) is 1.72. The second kappa shape index (κ2) is 9.16. The second-order valence-corrected chi connectivity index (χ2v) is 7.60. The van der Waals surface area contributed by atoms with Crippen LogP contribution in [0.15, 0.2) is 42.0 Å². The molecule has 1 fully saturated rings. The average molecular weight is 449 g/mol. The summed E-state index contributed by atoms with van der Waals surface area (Å²) in [7, 11) is 0. The minimum atomic E-state index is -5.01. The lowest BCUT2D eigenvalue weighted by molar-refractivity contribution is -0.118. The van der Waals surface area contributed by atoms with E-state index >= 15 is 0 Å². The van der Waals surface area contributed by atoms with Gasteiger partial charge in [-0.15, -0.1) is 0 Å². The van der Waals surface area contributed by atoms with Crippen LogP contribution in [0.1, 0.15) is 12.5 Å². The molecule has 170 valence electrons. The first-order chi connectivity index (χ1) is 15.1. The molecule has 0 aromatic heterocycles. The molecular weight excluding hydrogens is 427 g/mol. The molecule has 0 saturated carbocycles. The van der Waals surface area contributed by atoms with Crippen LogP contribution >= 0.6 is 0 Å². The van der Waals surface area contributed by atoms with Crippen LogP contribution in [0.4, 0.5) is 18.9 Å². The smallest absolute Gasteiger partial charge is 0.394 e. The fourth-order valence-electron chi connectivity index (χ4n) is 3.45. The van der Waals surface area contributed by atoms with Gasteiger partial charge in [0.15, 0.2) is 0 Å². The Morgan fingerprint density at radius 3 is 2.53 bits per heavy atom. The minimum Gasteiger partial charge on any atom is -0.394 e. The van der Waals surface area contributed by atoms with Crippen molar-refractivity contribution in [3.8, 4) is 6.07 Å². The Labute approximate surface area is 182 Å². The van der Waals surface area contributed by atoms with Gasteiger partial charge in [0, 0.05) is 30.2 Å². The van der Waals surface area contributed by atoms with Gasteiger partial charge in [0.1, 0.15) is 17.7 Å². The number of alkyl halides is 3. The van der Waals surface area contributed by atoms with Crippen molar-refractivity contribution < 1.29 is 33.3 Å². The molecule has 0 aliphatic carbocycles. The van der Waals surface area contributed by atoms with Crippen molar-refractivity contribution in [1.29, 1.82) is 5.26 Å². The molecule has 1 heterocycles. The van der Waals surface area contributed by atoms with Crippen LogP contribution in [0.25, 0.3) is 16.3 Å². The van der Waals surface area contributed by atoms with Gasteiger partial charge in [0.2, 0.25) is 0 Å². The average Bonchev–Trinajstić information content (AvgIpc) is 3.49. The zero-order valence-corrected chi connectivity index (χ0v) is 17.1. The molecule has 7 nitrogen and oxygen atoms in total. The van der Waals surface area contributed by atoms with Crippen LogP contribution in [0.5, 0.6) is 0 Å². The number of aliphatic hydroxyl groups is 3. The number of aliphatic hydroxyl groups excluding tert-OH is 3. The summed E-state index contributed by atoms with van der Waals surface area (Å²) in [4.78, 5) is 14.4. The summed E-state index contributed by atoms with van der Waals surface area (Å²) < 4.78 is 42.0.